The number of ether oxygens (including phenoxy) is 2. The van der Waals surface area contributed by atoms with Crippen molar-refractivity contribution in [1.82, 2.24) is 25.8 Å². The first-order chi connectivity index (χ1) is 16.8. The molecule has 35 heavy (non-hydrogen) atoms. The third kappa shape index (κ3) is 8.71. The molecule has 0 aliphatic carbocycles. The number of piperidine rings is 2. The molecule has 12 heteroatoms. The van der Waals surface area contributed by atoms with Crippen LogP contribution in [0.25, 0.3) is 0 Å². The van der Waals surface area contributed by atoms with Crippen LogP contribution in [0.4, 0.5) is 0 Å². The molecule has 3 aliphatic rings. The van der Waals surface area contributed by atoms with Gasteiger partial charge in [-0.05, 0) is 45.8 Å². The van der Waals surface area contributed by atoms with E-state index in [9.17, 15) is 19.2 Å². The Morgan fingerprint density at radius 2 is 1.66 bits per heavy atom. The Kier molecular flexibility index (Phi) is 10.3. The number of likely N-dealkylation sites (tertiary alicyclic amines) is 2. The SMILES string of the molecule is CN1CCC(N2CCC3(CC2)CC(=O)N[C@H](C(N)=O)CC(=O)NCCOCCOCC(=O)N3)CC1. The molecule has 0 unspecified atom stereocenters. The summed E-state index contributed by atoms with van der Waals surface area (Å²) in [5.74, 6) is -1.92. The first-order valence-electron chi connectivity index (χ1n) is 12.5. The van der Waals surface area contributed by atoms with Crippen LogP contribution >= 0.6 is 0 Å². The molecule has 0 bridgehead atoms. The van der Waals surface area contributed by atoms with Gasteiger partial charge in [0.2, 0.25) is 23.6 Å². The second kappa shape index (κ2) is 13.1. The van der Waals surface area contributed by atoms with Crippen molar-refractivity contribution in [1.29, 1.82) is 0 Å². The molecular weight excluding hydrogens is 456 g/mol. The van der Waals surface area contributed by atoms with Gasteiger partial charge in [-0.15, -0.1) is 0 Å². The van der Waals surface area contributed by atoms with Crippen LogP contribution < -0.4 is 21.7 Å². The van der Waals surface area contributed by atoms with Crippen LogP contribution in [0.5, 0.6) is 0 Å². The van der Waals surface area contributed by atoms with E-state index in [0.29, 0.717) is 18.9 Å². The zero-order valence-electron chi connectivity index (χ0n) is 20.7. The maximum absolute atomic E-state index is 13.0. The highest BCUT2D eigenvalue weighted by Gasteiger charge is 2.40. The van der Waals surface area contributed by atoms with E-state index in [1.807, 2.05) is 0 Å². The number of carbonyl (C=O) groups excluding carboxylic acids is 4. The average Bonchev–Trinajstić information content (AvgIpc) is 2.81. The lowest BCUT2D eigenvalue weighted by molar-refractivity contribution is -0.132. The van der Waals surface area contributed by atoms with Crippen molar-refractivity contribution in [2.45, 2.75) is 56.1 Å². The summed E-state index contributed by atoms with van der Waals surface area (Å²) in [5, 5.41) is 8.28. The molecule has 1 spiro atoms. The van der Waals surface area contributed by atoms with Gasteiger partial charge in [-0.25, -0.2) is 0 Å². The number of nitrogens with two attached hydrogens (primary N) is 1. The average molecular weight is 497 g/mol. The smallest absolute Gasteiger partial charge is 0.246 e. The lowest BCUT2D eigenvalue weighted by Crippen LogP contribution is -2.60. The number of nitrogens with zero attached hydrogens (tertiary/aromatic N) is 2. The van der Waals surface area contributed by atoms with Gasteiger partial charge in [0.1, 0.15) is 12.6 Å². The Bertz CT molecular complexity index is 749. The number of nitrogens with one attached hydrogen (secondary N) is 3. The lowest BCUT2D eigenvalue weighted by atomic mass is 9.82. The zero-order chi connectivity index (χ0) is 25.3. The molecule has 198 valence electrons. The van der Waals surface area contributed by atoms with Gasteiger partial charge in [-0.1, -0.05) is 0 Å². The Morgan fingerprint density at radius 3 is 2.34 bits per heavy atom. The summed E-state index contributed by atoms with van der Waals surface area (Å²) in [6.45, 7) is 4.54. The van der Waals surface area contributed by atoms with E-state index in [1.54, 1.807) is 0 Å². The summed E-state index contributed by atoms with van der Waals surface area (Å²) in [6, 6.07) is -0.626. The summed E-state index contributed by atoms with van der Waals surface area (Å²) in [7, 11) is 2.13. The molecule has 1 atom stereocenters. The highest BCUT2D eigenvalue weighted by molar-refractivity contribution is 5.91. The van der Waals surface area contributed by atoms with Gasteiger partial charge in [-0.2, -0.15) is 0 Å². The van der Waals surface area contributed by atoms with Gasteiger partial charge in [-0.3, -0.25) is 19.2 Å². The van der Waals surface area contributed by atoms with E-state index in [0.717, 1.165) is 39.0 Å². The molecule has 0 aromatic carbocycles. The van der Waals surface area contributed by atoms with Gasteiger partial charge in [0, 0.05) is 32.1 Å². The van der Waals surface area contributed by atoms with Crippen molar-refractivity contribution in [2.24, 2.45) is 5.73 Å². The standard InChI is InChI=1S/C23H40N6O6/c1-28-7-2-17(3-8-28)29-9-4-23(5-10-29)15-20(31)26-18(22(24)33)14-19(30)25-6-11-34-12-13-35-16-21(32)27-23/h17-18H,2-16H2,1H3,(H2,24,33)(H,25,30)(H,26,31)(H,27,32)/t18-/m0/s1. The number of primary amides is 1. The minimum Gasteiger partial charge on any atom is -0.377 e. The fraction of sp³-hybridized carbons (Fsp3) is 0.826. The molecule has 0 aromatic rings. The maximum atomic E-state index is 13.0. The number of rotatable bonds is 2. The summed E-state index contributed by atoms with van der Waals surface area (Å²) >= 11 is 0. The van der Waals surface area contributed by atoms with E-state index in [1.165, 1.54) is 0 Å². The van der Waals surface area contributed by atoms with E-state index in [4.69, 9.17) is 15.2 Å². The number of hydrogen-bond donors (Lipinski definition) is 4. The number of amides is 4. The van der Waals surface area contributed by atoms with E-state index in [-0.39, 0.29) is 51.7 Å². The Morgan fingerprint density at radius 1 is 0.971 bits per heavy atom. The van der Waals surface area contributed by atoms with Gasteiger partial charge in [0.25, 0.3) is 0 Å². The van der Waals surface area contributed by atoms with Crippen molar-refractivity contribution in [2.75, 3.05) is 66.2 Å². The Hall–Kier alpha value is -2.28. The topological polar surface area (TPSA) is 155 Å². The summed E-state index contributed by atoms with van der Waals surface area (Å²) in [5.41, 5.74) is 4.68. The molecule has 3 aliphatic heterocycles. The summed E-state index contributed by atoms with van der Waals surface area (Å²) in [4.78, 5) is 54.5. The van der Waals surface area contributed by atoms with Crippen molar-refractivity contribution >= 4 is 23.6 Å². The predicted molar refractivity (Wildman–Crippen MR) is 127 cm³/mol. The molecule has 0 saturated carbocycles. The van der Waals surface area contributed by atoms with Crippen LogP contribution in [0, 0.1) is 0 Å². The van der Waals surface area contributed by atoms with Crippen LogP contribution in [0.1, 0.15) is 38.5 Å². The fourth-order valence-corrected chi connectivity index (χ4v) is 5.04. The molecule has 5 N–H and O–H groups in total. The van der Waals surface area contributed by atoms with Crippen LogP contribution in [-0.2, 0) is 28.7 Å². The van der Waals surface area contributed by atoms with E-state index < -0.39 is 29.3 Å². The summed E-state index contributed by atoms with van der Waals surface area (Å²) < 4.78 is 10.8. The van der Waals surface area contributed by atoms with E-state index >= 15 is 0 Å². The van der Waals surface area contributed by atoms with Crippen LogP contribution in [0.2, 0.25) is 0 Å². The highest BCUT2D eigenvalue weighted by Crippen LogP contribution is 2.29. The first-order valence-corrected chi connectivity index (χ1v) is 12.5. The normalized spacial score (nSPS) is 27.5. The van der Waals surface area contributed by atoms with Crippen molar-refractivity contribution in [3.63, 3.8) is 0 Å². The fourth-order valence-electron chi connectivity index (χ4n) is 5.04. The Labute approximate surface area is 206 Å². The number of carbonyl (C=O) groups is 4. The third-order valence-electron chi connectivity index (χ3n) is 7.11. The molecular formula is C23H40N6O6. The lowest BCUT2D eigenvalue weighted by Gasteiger charge is -2.46. The second-order valence-corrected chi connectivity index (χ2v) is 9.82. The zero-order valence-corrected chi connectivity index (χ0v) is 20.7. The quantitative estimate of drug-likeness (QED) is 0.340. The number of hydrogen-bond acceptors (Lipinski definition) is 8. The molecule has 0 radical (unpaired) electrons. The maximum Gasteiger partial charge on any atom is 0.246 e. The second-order valence-electron chi connectivity index (χ2n) is 9.82. The highest BCUT2D eigenvalue weighted by atomic mass is 16.5. The molecule has 3 heterocycles. The van der Waals surface area contributed by atoms with Crippen molar-refractivity contribution in [3.8, 4) is 0 Å². The largest absolute Gasteiger partial charge is 0.377 e. The van der Waals surface area contributed by atoms with Crippen LogP contribution in [0.15, 0.2) is 0 Å². The minimum atomic E-state index is -1.13. The monoisotopic (exact) mass is 496 g/mol. The summed E-state index contributed by atoms with van der Waals surface area (Å²) in [6.07, 6.45) is 3.15. The molecule has 4 amide bonds. The van der Waals surface area contributed by atoms with E-state index in [2.05, 4.69) is 32.8 Å². The van der Waals surface area contributed by atoms with Crippen molar-refractivity contribution < 1.29 is 28.7 Å². The van der Waals surface area contributed by atoms with Crippen LogP contribution in [0.3, 0.4) is 0 Å². The molecule has 0 aromatic heterocycles. The van der Waals surface area contributed by atoms with Crippen molar-refractivity contribution in [3.05, 3.63) is 0 Å². The molecule has 3 rings (SSSR count). The molecule has 3 fully saturated rings. The third-order valence-corrected chi connectivity index (χ3v) is 7.11. The van der Waals surface area contributed by atoms with Gasteiger partial charge in [0.15, 0.2) is 0 Å². The molecule has 3 saturated heterocycles. The van der Waals surface area contributed by atoms with Gasteiger partial charge >= 0.3 is 0 Å². The molecule has 12 nitrogen and oxygen atoms in total. The first kappa shape index (κ1) is 27.3. The predicted octanol–water partition coefficient (Wildman–Crippen LogP) is -2.06. The van der Waals surface area contributed by atoms with Gasteiger partial charge < -0.3 is 41.0 Å². The Balaban J connectivity index is 1.68. The minimum absolute atomic E-state index is 0.00546. The van der Waals surface area contributed by atoms with Gasteiger partial charge in [0.05, 0.1) is 31.8 Å². The van der Waals surface area contributed by atoms with Crippen LogP contribution in [-0.4, -0.2) is 117 Å².